The molecule has 1 heterocycles. The van der Waals surface area contributed by atoms with Gasteiger partial charge in [-0.3, -0.25) is 4.79 Å². The zero-order valence-electron chi connectivity index (χ0n) is 9.61. The van der Waals surface area contributed by atoms with Gasteiger partial charge in [0.05, 0.1) is 25.9 Å². The number of carbonyl (C=O) groups excluding carboxylic acids is 1. The Morgan fingerprint density at radius 3 is 2.76 bits per heavy atom. The standard InChI is InChI=1S/C12H14ClNO3/c1-16-11-8-9(13)2-3-10(11)12(15)14-4-6-17-7-5-14/h2-3,8H,4-7H2,1H3. The first-order chi connectivity index (χ1) is 8.22. The van der Waals surface area contributed by atoms with E-state index in [0.29, 0.717) is 42.6 Å². The van der Waals surface area contributed by atoms with Crippen molar-refractivity contribution in [1.29, 1.82) is 0 Å². The maximum atomic E-state index is 12.2. The van der Waals surface area contributed by atoms with E-state index in [1.54, 1.807) is 23.1 Å². The minimum Gasteiger partial charge on any atom is -0.496 e. The van der Waals surface area contributed by atoms with Gasteiger partial charge in [-0.1, -0.05) is 11.6 Å². The summed E-state index contributed by atoms with van der Waals surface area (Å²) in [6.45, 7) is 2.40. The Labute approximate surface area is 105 Å². The molecule has 1 fully saturated rings. The van der Waals surface area contributed by atoms with Gasteiger partial charge in [0, 0.05) is 18.1 Å². The molecule has 0 aliphatic carbocycles. The van der Waals surface area contributed by atoms with Crippen molar-refractivity contribution in [1.82, 2.24) is 4.90 Å². The highest BCUT2D eigenvalue weighted by atomic mass is 35.5. The predicted octanol–water partition coefficient (Wildman–Crippen LogP) is 1.82. The highest BCUT2D eigenvalue weighted by Crippen LogP contribution is 2.24. The average Bonchev–Trinajstić information content (AvgIpc) is 2.39. The summed E-state index contributed by atoms with van der Waals surface area (Å²) in [4.78, 5) is 14.0. The minimum absolute atomic E-state index is 0.0400. The molecular weight excluding hydrogens is 242 g/mol. The zero-order valence-corrected chi connectivity index (χ0v) is 10.4. The number of morpholine rings is 1. The number of halogens is 1. The van der Waals surface area contributed by atoms with Crippen LogP contribution in [0.15, 0.2) is 18.2 Å². The van der Waals surface area contributed by atoms with Crippen LogP contribution in [0, 0.1) is 0 Å². The number of ether oxygens (including phenoxy) is 2. The van der Waals surface area contributed by atoms with E-state index in [9.17, 15) is 4.79 Å². The van der Waals surface area contributed by atoms with Gasteiger partial charge in [0.25, 0.3) is 5.91 Å². The zero-order chi connectivity index (χ0) is 12.3. The van der Waals surface area contributed by atoms with Crippen LogP contribution >= 0.6 is 11.6 Å². The van der Waals surface area contributed by atoms with E-state index < -0.39 is 0 Å². The Morgan fingerprint density at radius 2 is 2.12 bits per heavy atom. The minimum atomic E-state index is -0.0400. The lowest BCUT2D eigenvalue weighted by Gasteiger charge is -2.27. The average molecular weight is 256 g/mol. The van der Waals surface area contributed by atoms with Crippen molar-refractivity contribution in [2.24, 2.45) is 0 Å². The van der Waals surface area contributed by atoms with Crippen LogP contribution in [0.2, 0.25) is 5.02 Å². The van der Waals surface area contributed by atoms with Crippen molar-refractivity contribution in [3.05, 3.63) is 28.8 Å². The summed E-state index contributed by atoms with van der Waals surface area (Å²) in [5.74, 6) is 0.468. The molecule has 0 radical (unpaired) electrons. The number of benzene rings is 1. The van der Waals surface area contributed by atoms with Gasteiger partial charge >= 0.3 is 0 Å². The molecule has 0 unspecified atom stereocenters. The van der Waals surface area contributed by atoms with Crippen molar-refractivity contribution in [2.75, 3.05) is 33.4 Å². The van der Waals surface area contributed by atoms with E-state index >= 15 is 0 Å². The van der Waals surface area contributed by atoms with E-state index in [-0.39, 0.29) is 5.91 Å². The Hall–Kier alpha value is -1.26. The molecule has 1 aliphatic heterocycles. The molecule has 0 atom stereocenters. The number of carbonyl (C=O) groups is 1. The van der Waals surface area contributed by atoms with Crippen LogP contribution < -0.4 is 4.74 Å². The maximum absolute atomic E-state index is 12.2. The number of amides is 1. The van der Waals surface area contributed by atoms with Crippen LogP contribution in [0.1, 0.15) is 10.4 Å². The lowest BCUT2D eigenvalue weighted by Crippen LogP contribution is -2.40. The number of nitrogens with zero attached hydrogens (tertiary/aromatic N) is 1. The monoisotopic (exact) mass is 255 g/mol. The lowest BCUT2D eigenvalue weighted by molar-refractivity contribution is 0.0301. The Bertz CT molecular complexity index is 416. The molecule has 1 aromatic carbocycles. The third-order valence-corrected chi connectivity index (χ3v) is 2.93. The molecule has 0 bridgehead atoms. The van der Waals surface area contributed by atoms with Crippen LogP contribution in [0.5, 0.6) is 5.75 Å². The van der Waals surface area contributed by atoms with Crippen LogP contribution in [0.3, 0.4) is 0 Å². The first-order valence-corrected chi connectivity index (χ1v) is 5.80. The largest absolute Gasteiger partial charge is 0.496 e. The Kier molecular flexibility index (Phi) is 3.86. The van der Waals surface area contributed by atoms with Gasteiger partial charge in [0.2, 0.25) is 0 Å². The number of rotatable bonds is 2. The SMILES string of the molecule is COc1cc(Cl)ccc1C(=O)N1CCOCC1. The van der Waals surface area contributed by atoms with Crippen molar-refractivity contribution < 1.29 is 14.3 Å². The van der Waals surface area contributed by atoms with Gasteiger partial charge < -0.3 is 14.4 Å². The molecule has 1 aliphatic rings. The molecule has 0 N–H and O–H groups in total. The Morgan fingerprint density at radius 1 is 1.41 bits per heavy atom. The third kappa shape index (κ3) is 2.70. The first-order valence-electron chi connectivity index (χ1n) is 5.43. The summed E-state index contributed by atoms with van der Waals surface area (Å²) in [6, 6.07) is 5.03. The second-order valence-corrected chi connectivity index (χ2v) is 4.19. The Balaban J connectivity index is 2.23. The summed E-state index contributed by atoms with van der Waals surface area (Å²) in [7, 11) is 1.53. The number of hydrogen-bond acceptors (Lipinski definition) is 3. The maximum Gasteiger partial charge on any atom is 0.257 e. The summed E-state index contributed by atoms with van der Waals surface area (Å²) >= 11 is 5.86. The van der Waals surface area contributed by atoms with E-state index in [0.717, 1.165) is 0 Å². The van der Waals surface area contributed by atoms with E-state index in [2.05, 4.69) is 0 Å². The fraction of sp³-hybridized carbons (Fsp3) is 0.417. The van der Waals surface area contributed by atoms with Gasteiger partial charge in [-0.15, -0.1) is 0 Å². The van der Waals surface area contributed by atoms with Gasteiger partial charge in [-0.05, 0) is 18.2 Å². The topological polar surface area (TPSA) is 38.8 Å². The van der Waals surface area contributed by atoms with Crippen LogP contribution in [0.4, 0.5) is 0 Å². The van der Waals surface area contributed by atoms with E-state index in [4.69, 9.17) is 21.1 Å². The van der Waals surface area contributed by atoms with Crippen molar-refractivity contribution >= 4 is 17.5 Å². The van der Waals surface area contributed by atoms with Gasteiger partial charge in [-0.2, -0.15) is 0 Å². The van der Waals surface area contributed by atoms with E-state index in [1.807, 2.05) is 0 Å². The fourth-order valence-electron chi connectivity index (χ4n) is 1.78. The van der Waals surface area contributed by atoms with Crippen molar-refractivity contribution in [2.45, 2.75) is 0 Å². The molecule has 4 nitrogen and oxygen atoms in total. The smallest absolute Gasteiger partial charge is 0.257 e. The normalized spacial score (nSPS) is 15.8. The third-order valence-electron chi connectivity index (χ3n) is 2.69. The van der Waals surface area contributed by atoms with Gasteiger partial charge in [-0.25, -0.2) is 0 Å². The molecule has 1 amide bonds. The van der Waals surface area contributed by atoms with Crippen molar-refractivity contribution in [3.8, 4) is 5.75 Å². The quantitative estimate of drug-likeness (QED) is 0.809. The molecular formula is C12H14ClNO3. The van der Waals surface area contributed by atoms with E-state index in [1.165, 1.54) is 7.11 Å². The summed E-state index contributed by atoms with van der Waals surface area (Å²) in [5, 5.41) is 0.556. The molecule has 92 valence electrons. The summed E-state index contributed by atoms with van der Waals surface area (Å²) < 4.78 is 10.4. The fourth-order valence-corrected chi connectivity index (χ4v) is 1.94. The molecule has 0 saturated carbocycles. The molecule has 2 rings (SSSR count). The highest BCUT2D eigenvalue weighted by molar-refractivity contribution is 6.30. The molecule has 1 saturated heterocycles. The number of hydrogen-bond donors (Lipinski definition) is 0. The molecule has 5 heteroatoms. The van der Waals surface area contributed by atoms with Gasteiger partial charge in [0.1, 0.15) is 5.75 Å². The molecule has 0 aromatic heterocycles. The van der Waals surface area contributed by atoms with Crippen LogP contribution in [-0.4, -0.2) is 44.2 Å². The number of methoxy groups -OCH3 is 1. The highest BCUT2D eigenvalue weighted by Gasteiger charge is 2.21. The van der Waals surface area contributed by atoms with Crippen LogP contribution in [-0.2, 0) is 4.74 Å². The summed E-state index contributed by atoms with van der Waals surface area (Å²) in [6.07, 6.45) is 0. The second-order valence-electron chi connectivity index (χ2n) is 3.75. The molecule has 1 aromatic rings. The second kappa shape index (κ2) is 5.38. The summed E-state index contributed by atoms with van der Waals surface area (Å²) in [5.41, 5.74) is 0.541. The van der Waals surface area contributed by atoms with Gasteiger partial charge in [0.15, 0.2) is 0 Å². The van der Waals surface area contributed by atoms with Crippen LogP contribution in [0.25, 0.3) is 0 Å². The lowest BCUT2D eigenvalue weighted by atomic mass is 10.1. The first kappa shape index (κ1) is 12.2. The predicted molar refractivity (Wildman–Crippen MR) is 64.7 cm³/mol. The molecule has 17 heavy (non-hydrogen) atoms. The molecule has 0 spiro atoms. The van der Waals surface area contributed by atoms with Crippen molar-refractivity contribution in [3.63, 3.8) is 0 Å².